The zero-order valence-electron chi connectivity index (χ0n) is 6.71. The van der Waals surface area contributed by atoms with Gasteiger partial charge in [0.2, 0.25) is 0 Å². The van der Waals surface area contributed by atoms with Crippen LogP contribution in [0.25, 0.3) is 0 Å². The first-order valence-electron chi connectivity index (χ1n) is 3.68. The average Bonchev–Trinajstić information content (AvgIpc) is 2.06. The Morgan fingerprint density at radius 2 is 2.31 bits per heavy atom. The van der Waals surface area contributed by atoms with Gasteiger partial charge in [0, 0.05) is 18.2 Å². The summed E-state index contributed by atoms with van der Waals surface area (Å²) in [5.41, 5.74) is 0.112. The molecule has 0 amide bonds. The first-order valence-corrected chi connectivity index (χ1v) is 4.06. The number of pyridine rings is 1. The summed E-state index contributed by atoms with van der Waals surface area (Å²) in [6, 6.07) is 1.48. The molecule has 0 saturated carbocycles. The normalized spacial score (nSPS) is 9.92. The minimum Gasteiger partial charge on any atom is -0.481 e. The summed E-state index contributed by atoms with van der Waals surface area (Å²) in [6.07, 6.45) is 1.50. The molecule has 1 rings (SSSR count). The van der Waals surface area contributed by atoms with Gasteiger partial charge in [0.1, 0.15) is 0 Å². The van der Waals surface area contributed by atoms with Gasteiger partial charge >= 0.3 is 5.97 Å². The van der Waals surface area contributed by atoms with E-state index >= 15 is 0 Å². The molecule has 4 nitrogen and oxygen atoms in total. The molecule has 0 bridgehead atoms. The van der Waals surface area contributed by atoms with Crippen LogP contribution in [0, 0.1) is 0 Å². The summed E-state index contributed by atoms with van der Waals surface area (Å²) in [5, 5.41) is 8.79. The van der Waals surface area contributed by atoms with Crippen molar-refractivity contribution < 1.29 is 9.90 Å². The minimum absolute atomic E-state index is 0.0660. The molecule has 0 aliphatic rings. The van der Waals surface area contributed by atoms with Crippen molar-refractivity contribution in [2.24, 2.45) is 0 Å². The van der Waals surface area contributed by atoms with E-state index in [1.54, 1.807) is 0 Å². The van der Waals surface area contributed by atoms with Crippen molar-refractivity contribution in [2.75, 3.05) is 0 Å². The third-order valence-corrected chi connectivity index (χ3v) is 1.77. The number of hydrogen-bond donors (Lipinski definition) is 2. The molecule has 0 aliphatic heterocycles. The van der Waals surface area contributed by atoms with Crippen LogP contribution in [0.2, 0.25) is 5.02 Å². The molecule has 70 valence electrons. The number of carboxylic acid groups (broad SMARTS) is 1. The van der Waals surface area contributed by atoms with E-state index in [-0.39, 0.29) is 18.4 Å². The summed E-state index contributed by atoms with van der Waals surface area (Å²) in [7, 11) is 0. The summed E-state index contributed by atoms with van der Waals surface area (Å²) in [6.45, 7) is 0. The second kappa shape index (κ2) is 4.09. The van der Waals surface area contributed by atoms with E-state index in [0.29, 0.717) is 10.6 Å². The maximum atomic E-state index is 11.1. The number of carboxylic acids is 1. The van der Waals surface area contributed by atoms with Gasteiger partial charge in [-0.25, -0.2) is 0 Å². The van der Waals surface area contributed by atoms with Gasteiger partial charge in [0.05, 0.1) is 5.02 Å². The lowest BCUT2D eigenvalue weighted by atomic mass is 10.1. The fourth-order valence-corrected chi connectivity index (χ4v) is 1.11. The summed E-state index contributed by atoms with van der Waals surface area (Å²) in [4.78, 5) is 23.7. The molecule has 0 aliphatic carbocycles. The highest BCUT2D eigenvalue weighted by Gasteiger charge is 2.03. The average molecular weight is 202 g/mol. The lowest BCUT2D eigenvalue weighted by Gasteiger charge is -1.97. The zero-order valence-corrected chi connectivity index (χ0v) is 7.47. The largest absolute Gasteiger partial charge is 0.481 e. The van der Waals surface area contributed by atoms with Crippen LogP contribution in [-0.2, 0) is 11.2 Å². The van der Waals surface area contributed by atoms with Gasteiger partial charge in [-0.05, 0) is 12.5 Å². The maximum Gasteiger partial charge on any atom is 0.303 e. The molecule has 0 atom stereocenters. The van der Waals surface area contributed by atoms with Crippen molar-refractivity contribution in [3.8, 4) is 0 Å². The number of aromatic amines is 1. The fraction of sp³-hybridized carbons (Fsp3) is 0.250. The Kier molecular flexibility index (Phi) is 3.08. The van der Waals surface area contributed by atoms with Gasteiger partial charge in [-0.15, -0.1) is 0 Å². The molecule has 0 aromatic carbocycles. The van der Waals surface area contributed by atoms with Crippen molar-refractivity contribution in [3.63, 3.8) is 0 Å². The maximum absolute atomic E-state index is 11.1. The molecule has 13 heavy (non-hydrogen) atoms. The number of carbonyl (C=O) groups is 1. The van der Waals surface area contributed by atoms with Gasteiger partial charge in [0.25, 0.3) is 5.56 Å². The molecule has 0 unspecified atom stereocenters. The molecule has 2 N–H and O–H groups in total. The lowest BCUT2D eigenvalue weighted by Crippen LogP contribution is -2.12. The number of aliphatic carboxylic acids is 1. The summed E-state index contributed by atoms with van der Waals surface area (Å²) < 4.78 is 0. The molecule has 0 saturated heterocycles. The van der Waals surface area contributed by atoms with Crippen LogP contribution in [0.15, 0.2) is 17.1 Å². The lowest BCUT2D eigenvalue weighted by molar-refractivity contribution is -0.136. The number of H-pyrrole nitrogens is 1. The number of aryl methyl sites for hydroxylation is 1. The highest BCUT2D eigenvalue weighted by Crippen LogP contribution is 2.06. The van der Waals surface area contributed by atoms with E-state index in [1.807, 2.05) is 0 Å². The molecule has 0 radical (unpaired) electrons. The fourth-order valence-electron chi connectivity index (χ4n) is 0.928. The van der Waals surface area contributed by atoms with Crippen molar-refractivity contribution >= 4 is 17.6 Å². The van der Waals surface area contributed by atoms with Crippen LogP contribution in [0.1, 0.15) is 12.0 Å². The Labute approximate surface area is 79.2 Å². The molecule has 5 heteroatoms. The van der Waals surface area contributed by atoms with E-state index in [2.05, 4.69) is 4.98 Å². The second-order valence-corrected chi connectivity index (χ2v) is 3.00. The quantitative estimate of drug-likeness (QED) is 0.768. The Morgan fingerprint density at radius 1 is 1.62 bits per heavy atom. The third-order valence-electron chi connectivity index (χ3n) is 1.55. The second-order valence-electron chi connectivity index (χ2n) is 2.57. The Bertz CT molecular complexity index is 372. The first kappa shape index (κ1) is 9.80. The van der Waals surface area contributed by atoms with Crippen LogP contribution in [0.5, 0.6) is 0 Å². The highest BCUT2D eigenvalue weighted by molar-refractivity contribution is 6.30. The minimum atomic E-state index is -0.931. The predicted molar refractivity (Wildman–Crippen MR) is 48.0 cm³/mol. The van der Waals surface area contributed by atoms with Crippen LogP contribution >= 0.6 is 11.6 Å². The van der Waals surface area contributed by atoms with E-state index < -0.39 is 5.97 Å². The van der Waals surface area contributed by atoms with Crippen molar-refractivity contribution in [2.45, 2.75) is 12.8 Å². The molecule has 1 heterocycles. The van der Waals surface area contributed by atoms with E-state index in [0.717, 1.165) is 0 Å². The van der Waals surface area contributed by atoms with E-state index in [9.17, 15) is 9.59 Å². The van der Waals surface area contributed by atoms with Crippen molar-refractivity contribution in [1.82, 2.24) is 4.98 Å². The number of rotatable bonds is 3. The molecular formula is C8H8ClNO3. The molecule has 0 fully saturated rings. The van der Waals surface area contributed by atoms with E-state index in [4.69, 9.17) is 16.7 Å². The number of aromatic nitrogens is 1. The Morgan fingerprint density at radius 3 is 2.92 bits per heavy atom. The topological polar surface area (TPSA) is 70.2 Å². The number of hydrogen-bond acceptors (Lipinski definition) is 2. The molecular weight excluding hydrogens is 194 g/mol. The first-order chi connectivity index (χ1) is 6.09. The summed E-state index contributed by atoms with van der Waals surface area (Å²) in [5.74, 6) is -0.931. The van der Waals surface area contributed by atoms with Gasteiger partial charge in [-0.2, -0.15) is 0 Å². The van der Waals surface area contributed by atoms with Crippen molar-refractivity contribution in [1.29, 1.82) is 0 Å². The van der Waals surface area contributed by atoms with Crippen LogP contribution in [-0.4, -0.2) is 16.1 Å². The molecule has 1 aromatic heterocycles. The van der Waals surface area contributed by atoms with Gasteiger partial charge in [-0.3, -0.25) is 9.59 Å². The van der Waals surface area contributed by atoms with Gasteiger partial charge in [0.15, 0.2) is 0 Å². The Hall–Kier alpha value is -1.29. The van der Waals surface area contributed by atoms with Gasteiger partial charge < -0.3 is 10.1 Å². The third kappa shape index (κ3) is 2.91. The molecule has 1 aromatic rings. The standard InChI is InChI=1S/C8H8ClNO3/c9-6-3-5(1-2-7(11)12)8(13)10-4-6/h3-4H,1-2H2,(H,10,13)(H,11,12). The zero-order chi connectivity index (χ0) is 9.84. The number of halogens is 1. The SMILES string of the molecule is O=C(O)CCc1cc(Cl)c[nH]c1=O. The highest BCUT2D eigenvalue weighted by atomic mass is 35.5. The van der Waals surface area contributed by atoms with Crippen LogP contribution in [0.3, 0.4) is 0 Å². The number of nitrogens with one attached hydrogen (secondary N) is 1. The smallest absolute Gasteiger partial charge is 0.303 e. The Balaban J connectivity index is 2.82. The summed E-state index contributed by atoms with van der Waals surface area (Å²) >= 11 is 5.61. The predicted octanol–water partition coefficient (Wildman–Crippen LogP) is 1.05. The molecule has 0 spiro atoms. The van der Waals surface area contributed by atoms with Gasteiger partial charge in [-0.1, -0.05) is 11.6 Å². The van der Waals surface area contributed by atoms with E-state index in [1.165, 1.54) is 12.3 Å². The van der Waals surface area contributed by atoms with Crippen molar-refractivity contribution in [3.05, 3.63) is 33.2 Å². The van der Waals surface area contributed by atoms with Crippen LogP contribution in [0.4, 0.5) is 0 Å². The van der Waals surface area contributed by atoms with Crippen LogP contribution < -0.4 is 5.56 Å². The monoisotopic (exact) mass is 201 g/mol.